The van der Waals surface area contributed by atoms with Gasteiger partial charge in [0.25, 0.3) is 0 Å². The molecule has 17 heavy (non-hydrogen) atoms. The summed E-state index contributed by atoms with van der Waals surface area (Å²) >= 11 is 0. The lowest BCUT2D eigenvalue weighted by atomic mass is 10.1. The van der Waals surface area contributed by atoms with Crippen LogP contribution >= 0.6 is 0 Å². The first-order chi connectivity index (χ1) is 7.99. The van der Waals surface area contributed by atoms with Crippen molar-refractivity contribution in [1.29, 1.82) is 0 Å². The molecule has 0 aromatic carbocycles. The number of aromatic nitrogens is 2. The summed E-state index contributed by atoms with van der Waals surface area (Å²) in [5.41, 5.74) is 6.95. The molecule has 1 aromatic heterocycles. The van der Waals surface area contributed by atoms with E-state index in [1.165, 1.54) is 0 Å². The third-order valence-corrected chi connectivity index (χ3v) is 5.58. The van der Waals surface area contributed by atoms with Crippen LogP contribution in [0, 0.1) is 0 Å². The summed E-state index contributed by atoms with van der Waals surface area (Å²) in [6.07, 6.45) is 7.34. The summed E-state index contributed by atoms with van der Waals surface area (Å²) < 4.78 is 25.0. The first-order valence-electron chi connectivity index (χ1n) is 6.02. The van der Waals surface area contributed by atoms with Gasteiger partial charge in [-0.25, -0.2) is 8.42 Å². The van der Waals surface area contributed by atoms with Crippen LogP contribution in [0.25, 0.3) is 0 Å². The van der Waals surface area contributed by atoms with E-state index in [1.807, 2.05) is 6.20 Å². The van der Waals surface area contributed by atoms with E-state index < -0.39 is 9.84 Å². The molecule has 6 heteroatoms. The third kappa shape index (κ3) is 2.11. The average Bonchev–Trinajstić information content (AvgIpc) is 2.81. The first-order valence-corrected chi connectivity index (χ1v) is 7.85. The van der Waals surface area contributed by atoms with Gasteiger partial charge >= 0.3 is 0 Å². The zero-order valence-electron chi connectivity index (χ0n) is 9.67. The number of sulfone groups is 1. The minimum absolute atomic E-state index is 0.00940. The fourth-order valence-electron chi connectivity index (χ4n) is 2.43. The summed E-state index contributed by atoms with van der Waals surface area (Å²) in [5, 5.41) is 4.28. The Labute approximate surface area is 101 Å². The molecule has 0 radical (unpaired) electrons. The number of hydrogen-bond acceptors (Lipinski definition) is 4. The van der Waals surface area contributed by atoms with E-state index in [9.17, 15) is 8.42 Å². The Bertz CT molecular complexity index is 531. The lowest BCUT2D eigenvalue weighted by Crippen LogP contribution is -2.27. The van der Waals surface area contributed by atoms with Crippen LogP contribution in [0.15, 0.2) is 12.4 Å². The highest BCUT2D eigenvalue weighted by molar-refractivity contribution is 7.91. The van der Waals surface area contributed by atoms with Gasteiger partial charge in [-0.05, 0) is 25.7 Å². The van der Waals surface area contributed by atoms with Crippen LogP contribution in [0.2, 0.25) is 0 Å². The second-order valence-electron chi connectivity index (χ2n) is 5.28. The first kappa shape index (κ1) is 11.2. The Kier molecular flexibility index (Phi) is 2.35. The Hall–Kier alpha value is -0.880. The summed E-state index contributed by atoms with van der Waals surface area (Å²) in [6, 6.07) is -0.00940. The Morgan fingerprint density at radius 3 is 2.88 bits per heavy atom. The van der Waals surface area contributed by atoms with E-state index in [1.54, 1.807) is 10.9 Å². The number of rotatable bonds is 2. The van der Waals surface area contributed by atoms with Crippen molar-refractivity contribution in [2.75, 3.05) is 11.5 Å². The molecule has 0 bridgehead atoms. The minimum Gasteiger partial charge on any atom is -0.321 e. The Balaban J connectivity index is 1.82. The quantitative estimate of drug-likeness (QED) is 0.838. The Morgan fingerprint density at radius 1 is 1.47 bits per heavy atom. The van der Waals surface area contributed by atoms with Crippen molar-refractivity contribution >= 4 is 9.84 Å². The molecule has 5 nitrogen and oxygen atoms in total. The molecule has 2 heterocycles. The topological polar surface area (TPSA) is 78.0 Å². The highest BCUT2D eigenvalue weighted by Crippen LogP contribution is 2.42. The standard InChI is InChI=1S/C11H17N3O2S/c12-11(3-4-11)9-6-13-14(7-9)10-2-1-5-17(15,16)8-10/h6-7,10H,1-5,8,12H2. The van der Waals surface area contributed by atoms with Gasteiger partial charge in [0.05, 0.1) is 23.7 Å². The van der Waals surface area contributed by atoms with E-state index in [0.717, 1.165) is 31.2 Å². The van der Waals surface area contributed by atoms with Gasteiger partial charge in [0.2, 0.25) is 0 Å². The van der Waals surface area contributed by atoms with Crippen LogP contribution in [0.3, 0.4) is 0 Å². The zero-order valence-corrected chi connectivity index (χ0v) is 10.5. The molecule has 3 rings (SSSR count). The molecule has 1 unspecified atom stereocenters. The second kappa shape index (κ2) is 3.55. The number of nitrogens with two attached hydrogens (primary N) is 1. The van der Waals surface area contributed by atoms with Gasteiger partial charge in [-0.3, -0.25) is 4.68 Å². The van der Waals surface area contributed by atoms with Crippen molar-refractivity contribution < 1.29 is 8.42 Å². The predicted molar refractivity (Wildman–Crippen MR) is 64.3 cm³/mol. The van der Waals surface area contributed by atoms with E-state index in [4.69, 9.17) is 5.73 Å². The summed E-state index contributed by atoms with van der Waals surface area (Å²) in [7, 11) is -2.88. The summed E-state index contributed by atoms with van der Waals surface area (Å²) in [6.45, 7) is 0. The minimum atomic E-state index is -2.88. The maximum Gasteiger partial charge on any atom is 0.152 e. The van der Waals surface area contributed by atoms with Crippen molar-refractivity contribution in [3.05, 3.63) is 18.0 Å². The Morgan fingerprint density at radius 2 is 2.24 bits per heavy atom. The van der Waals surface area contributed by atoms with Crippen molar-refractivity contribution in [2.45, 2.75) is 37.3 Å². The van der Waals surface area contributed by atoms with Gasteiger partial charge in [-0.15, -0.1) is 0 Å². The SMILES string of the molecule is NC1(c2cnn(C3CCCS(=O)(=O)C3)c2)CC1. The highest BCUT2D eigenvalue weighted by Gasteiger charge is 2.41. The number of nitrogens with zero attached hydrogens (tertiary/aromatic N) is 2. The maximum absolute atomic E-state index is 11.6. The lowest BCUT2D eigenvalue weighted by Gasteiger charge is -2.22. The van der Waals surface area contributed by atoms with Crippen LogP contribution in [-0.2, 0) is 15.4 Å². The normalized spacial score (nSPS) is 30.1. The van der Waals surface area contributed by atoms with Crippen molar-refractivity contribution in [3.63, 3.8) is 0 Å². The fourth-order valence-corrected chi connectivity index (χ4v) is 4.10. The van der Waals surface area contributed by atoms with E-state index in [-0.39, 0.29) is 17.3 Å². The molecular formula is C11H17N3O2S. The second-order valence-corrected chi connectivity index (χ2v) is 7.50. The lowest BCUT2D eigenvalue weighted by molar-refractivity contribution is 0.434. The molecule has 2 N–H and O–H groups in total. The maximum atomic E-state index is 11.6. The molecule has 2 aliphatic rings. The zero-order chi connectivity index (χ0) is 12.1. The van der Waals surface area contributed by atoms with Crippen LogP contribution in [0.1, 0.15) is 37.3 Å². The molecule has 2 fully saturated rings. The van der Waals surface area contributed by atoms with Gasteiger partial charge in [0.1, 0.15) is 0 Å². The van der Waals surface area contributed by atoms with E-state index in [0.29, 0.717) is 5.75 Å². The van der Waals surface area contributed by atoms with Crippen molar-refractivity contribution in [2.24, 2.45) is 5.73 Å². The van der Waals surface area contributed by atoms with Crippen LogP contribution in [0.4, 0.5) is 0 Å². The van der Waals surface area contributed by atoms with Gasteiger partial charge in [-0.2, -0.15) is 5.10 Å². The van der Waals surface area contributed by atoms with Crippen LogP contribution in [-0.4, -0.2) is 29.7 Å². The molecule has 1 atom stereocenters. The monoisotopic (exact) mass is 255 g/mol. The number of hydrogen-bond donors (Lipinski definition) is 1. The third-order valence-electron chi connectivity index (χ3n) is 3.78. The summed E-state index contributed by atoms with van der Waals surface area (Å²) in [4.78, 5) is 0. The molecule has 0 amide bonds. The molecule has 1 saturated carbocycles. The predicted octanol–water partition coefficient (Wildman–Crippen LogP) is 0.581. The van der Waals surface area contributed by atoms with Gasteiger partial charge in [0, 0.05) is 17.3 Å². The highest BCUT2D eigenvalue weighted by atomic mass is 32.2. The van der Waals surface area contributed by atoms with Gasteiger partial charge in [-0.1, -0.05) is 0 Å². The smallest absolute Gasteiger partial charge is 0.152 e. The molecule has 1 aliphatic heterocycles. The molecule has 0 spiro atoms. The molecule has 1 aromatic rings. The van der Waals surface area contributed by atoms with E-state index >= 15 is 0 Å². The van der Waals surface area contributed by atoms with Crippen LogP contribution < -0.4 is 5.73 Å². The van der Waals surface area contributed by atoms with E-state index in [2.05, 4.69) is 5.10 Å². The van der Waals surface area contributed by atoms with Crippen molar-refractivity contribution in [1.82, 2.24) is 9.78 Å². The summed E-state index contributed by atoms with van der Waals surface area (Å²) in [5.74, 6) is 0.532. The molecule has 94 valence electrons. The van der Waals surface area contributed by atoms with Crippen molar-refractivity contribution in [3.8, 4) is 0 Å². The largest absolute Gasteiger partial charge is 0.321 e. The van der Waals surface area contributed by atoms with Crippen LogP contribution in [0.5, 0.6) is 0 Å². The fraction of sp³-hybridized carbons (Fsp3) is 0.727. The molecule has 1 saturated heterocycles. The molecular weight excluding hydrogens is 238 g/mol. The average molecular weight is 255 g/mol. The molecule has 1 aliphatic carbocycles. The van der Waals surface area contributed by atoms with Gasteiger partial charge in [0.15, 0.2) is 9.84 Å². The van der Waals surface area contributed by atoms with Gasteiger partial charge < -0.3 is 5.73 Å².